The summed E-state index contributed by atoms with van der Waals surface area (Å²) in [6.07, 6.45) is 3.84. The van der Waals surface area contributed by atoms with Gasteiger partial charge in [0.05, 0.1) is 11.7 Å². The van der Waals surface area contributed by atoms with Crippen LogP contribution in [0.15, 0.2) is 24.3 Å². The highest BCUT2D eigenvalue weighted by molar-refractivity contribution is 5.33. The Labute approximate surface area is 122 Å². The van der Waals surface area contributed by atoms with Gasteiger partial charge in [-0.05, 0) is 63.8 Å². The molecule has 1 fully saturated rings. The Hall–Kier alpha value is -1.06. The van der Waals surface area contributed by atoms with Crippen LogP contribution in [-0.4, -0.2) is 23.8 Å². The first-order valence-electron chi connectivity index (χ1n) is 7.76. The van der Waals surface area contributed by atoms with E-state index in [1.807, 2.05) is 38.1 Å². The topological polar surface area (TPSA) is 41.5 Å². The van der Waals surface area contributed by atoms with Gasteiger partial charge in [0.1, 0.15) is 5.75 Å². The van der Waals surface area contributed by atoms with E-state index in [1.54, 1.807) is 0 Å². The second kappa shape index (κ2) is 6.59. The molecule has 0 amide bonds. The van der Waals surface area contributed by atoms with Crippen LogP contribution in [0.4, 0.5) is 0 Å². The third-order valence-electron chi connectivity index (χ3n) is 4.05. The predicted octanol–water partition coefficient (Wildman–Crippen LogP) is 3.21. The molecule has 0 aliphatic heterocycles. The molecule has 1 saturated carbocycles. The molecule has 2 rings (SSSR count). The molecule has 0 atom stereocenters. The Bertz CT molecular complexity index is 423. The fourth-order valence-electron chi connectivity index (χ4n) is 3.01. The van der Waals surface area contributed by atoms with Crippen LogP contribution in [0.25, 0.3) is 0 Å². The highest BCUT2D eigenvalue weighted by Gasteiger charge is 2.34. The fraction of sp³-hybridized carbons (Fsp3) is 0.647. The van der Waals surface area contributed by atoms with Gasteiger partial charge >= 0.3 is 0 Å². The third-order valence-corrected chi connectivity index (χ3v) is 4.05. The van der Waals surface area contributed by atoms with Gasteiger partial charge in [-0.15, -0.1) is 0 Å². The summed E-state index contributed by atoms with van der Waals surface area (Å²) < 4.78 is 5.73. The van der Waals surface area contributed by atoms with Crippen molar-refractivity contribution in [2.24, 2.45) is 0 Å². The maximum atomic E-state index is 10.9. The molecule has 0 aromatic heterocycles. The Morgan fingerprint density at radius 1 is 1.35 bits per heavy atom. The van der Waals surface area contributed by atoms with Crippen molar-refractivity contribution in [1.29, 1.82) is 0 Å². The van der Waals surface area contributed by atoms with Crippen LogP contribution in [0.5, 0.6) is 5.75 Å². The molecule has 3 heteroatoms. The summed E-state index contributed by atoms with van der Waals surface area (Å²) in [4.78, 5) is 0. The second-order valence-corrected chi connectivity index (χ2v) is 6.06. The number of benzene rings is 1. The molecule has 1 aliphatic carbocycles. The summed E-state index contributed by atoms with van der Waals surface area (Å²) >= 11 is 0. The molecule has 3 nitrogen and oxygen atoms in total. The Balaban J connectivity index is 2.07. The number of hydrogen-bond acceptors (Lipinski definition) is 3. The maximum absolute atomic E-state index is 10.9. The average molecular weight is 277 g/mol. The van der Waals surface area contributed by atoms with E-state index in [4.69, 9.17) is 4.74 Å². The van der Waals surface area contributed by atoms with Gasteiger partial charge in [-0.2, -0.15) is 0 Å². The molecular formula is C17H27NO2. The normalized spacial score (nSPS) is 26.8. The molecule has 0 heterocycles. The lowest BCUT2D eigenvalue weighted by Gasteiger charge is -2.37. The van der Waals surface area contributed by atoms with E-state index in [0.717, 1.165) is 43.5 Å². The van der Waals surface area contributed by atoms with Crippen LogP contribution in [-0.2, 0) is 5.60 Å². The molecule has 1 aromatic carbocycles. The van der Waals surface area contributed by atoms with Crippen LogP contribution in [0.1, 0.15) is 52.0 Å². The summed E-state index contributed by atoms with van der Waals surface area (Å²) in [5.74, 6) is 0.847. The zero-order valence-corrected chi connectivity index (χ0v) is 12.9. The highest BCUT2D eigenvalue weighted by atomic mass is 16.5. The van der Waals surface area contributed by atoms with Crippen molar-refractivity contribution in [2.45, 2.75) is 64.2 Å². The lowest BCUT2D eigenvalue weighted by molar-refractivity contribution is -0.00839. The summed E-state index contributed by atoms with van der Waals surface area (Å²) in [6, 6.07) is 8.49. The van der Waals surface area contributed by atoms with E-state index in [0.29, 0.717) is 6.04 Å². The molecule has 0 radical (unpaired) electrons. The summed E-state index contributed by atoms with van der Waals surface area (Å²) in [6.45, 7) is 7.17. The van der Waals surface area contributed by atoms with Crippen LogP contribution >= 0.6 is 0 Å². The zero-order chi connectivity index (χ0) is 14.6. The Kier molecular flexibility index (Phi) is 5.06. The van der Waals surface area contributed by atoms with Gasteiger partial charge in [0.15, 0.2) is 0 Å². The van der Waals surface area contributed by atoms with Crippen molar-refractivity contribution in [3.63, 3.8) is 0 Å². The standard InChI is InChI=1S/C17H27NO2/c1-4-18-15-8-10-17(19,11-9-15)14-6-5-7-16(12-14)20-13(2)3/h5-7,12-13,15,18-19H,4,8-11H2,1-3H3. The zero-order valence-electron chi connectivity index (χ0n) is 12.9. The SMILES string of the molecule is CCNC1CCC(O)(c2cccc(OC(C)C)c2)CC1. The van der Waals surface area contributed by atoms with Gasteiger partial charge in [0.25, 0.3) is 0 Å². The van der Waals surface area contributed by atoms with E-state index in [2.05, 4.69) is 12.2 Å². The van der Waals surface area contributed by atoms with Crippen LogP contribution in [0.2, 0.25) is 0 Å². The average Bonchev–Trinajstić information content (AvgIpc) is 2.41. The van der Waals surface area contributed by atoms with Crippen LogP contribution in [0.3, 0.4) is 0 Å². The molecule has 0 spiro atoms. The van der Waals surface area contributed by atoms with Crippen molar-refractivity contribution in [1.82, 2.24) is 5.32 Å². The lowest BCUT2D eigenvalue weighted by atomic mass is 9.77. The molecule has 112 valence electrons. The molecule has 0 saturated heterocycles. The van der Waals surface area contributed by atoms with E-state index in [1.165, 1.54) is 0 Å². The number of ether oxygens (including phenoxy) is 1. The van der Waals surface area contributed by atoms with E-state index in [-0.39, 0.29) is 6.10 Å². The quantitative estimate of drug-likeness (QED) is 0.868. The first-order valence-corrected chi connectivity index (χ1v) is 7.76. The third kappa shape index (κ3) is 3.74. The van der Waals surface area contributed by atoms with Crippen molar-refractivity contribution in [3.05, 3.63) is 29.8 Å². The number of aliphatic hydroxyl groups is 1. The largest absolute Gasteiger partial charge is 0.491 e. The van der Waals surface area contributed by atoms with Crippen molar-refractivity contribution < 1.29 is 9.84 Å². The summed E-state index contributed by atoms with van der Waals surface area (Å²) in [5, 5.41) is 14.4. The predicted molar refractivity (Wildman–Crippen MR) is 82.0 cm³/mol. The smallest absolute Gasteiger partial charge is 0.120 e. The van der Waals surface area contributed by atoms with E-state index >= 15 is 0 Å². The Morgan fingerprint density at radius 2 is 2.05 bits per heavy atom. The van der Waals surface area contributed by atoms with E-state index in [9.17, 15) is 5.11 Å². The van der Waals surface area contributed by atoms with Gasteiger partial charge in [-0.3, -0.25) is 0 Å². The van der Waals surface area contributed by atoms with Gasteiger partial charge < -0.3 is 15.2 Å². The van der Waals surface area contributed by atoms with Crippen LogP contribution < -0.4 is 10.1 Å². The van der Waals surface area contributed by atoms with Crippen molar-refractivity contribution in [3.8, 4) is 5.75 Å². The molecule has 2 N–H and O–H groups in total. The Morgan fingerprint density at radius 3 is 2.65 bits per heavy atom. The first kappa shape index (κ1) is 15.3. The number of rotatable bonds is 5. The number of hydrogen-bond donors (Lipinski definition) is 2. The molecular weight excluding hydrogens is 250 g/mol. The molecule has 0 unspecified atom stereocenters. The minimum Gasteiger partial charge on any atom is -0.491 e. The van der Waals surface area contributed by atoms with Gasteiger partial charge in [0.2, 0.25) is 0 Å². The molecule has 1 aromatic rings. The van der Waals surface area contributed by atoms with E-state index < -0.39 is 5.60 Å². The first-order chi connectivity index (χ1) is 9.53. The van der Waals surface area contributed by atoms with Crippen molar-refractivity contribution >= 4 is 0 Å². The van der Waals surface area contributed by atoms with Gasteiger partial charge in [0, 0.05) is 6.04 Å². The summed E-state index contributed by atoms with van der Waals surface area (Å²) in [5.41, 5.74) is 0.299. The second-order valence-electron chi connectivity index (χ2n) is 6.06. The fourth-order valence-corrected chi connectivity index (χ4v) is 3.01. The lowest BCUT2D eigenvalue weighted by Crippen LogP contribution is -2.39. The van der Waals surface area contributed by atoms with Crippen molar-refractivity contribution in [2.75, 3.05) is 6.54 Å². The molecule has 1 aliphatic rings. The molecule has 0 bridgehead atoms. The minimum absolute atomic E-state index is 0.157. The maximum Gasteiger partial charge on any atom is 0.120 e. The highest BCUT2D eigenvalue weighted by Crippen LogP contribution is 2.38. The van der Waals surface area contributed by atoms with Gasteiger partial charge in [-0.1, -0.05) is 19.1 Å². The number of nitrogens with one attached hydrogen (secondary N) is 1. The monoisotopic (exact) mass is 277 g/mol. The van der Waals surface area contributed by atoms with Gasteiger partial charge in [-0.25, -0.2) is 0 Å². The molecule has 20 heavy (non-hydrogen) atoms. The van der Waals surface area contributed by atoms with Crippen LogP contribution in [0, 0.1) is 0 Å². The summed E-state index contributed by atoms with van der Waals surface area (Å²) in [7, 11) is 0. The minimum atomic E-state index is -0.692.